The monoisotopic (exact) mass is 567 g/mol. The van der Waals surface area contributed by atoms with Gasteiger partial charge in [0.2, 0.25) is 0 Å². The summed E-state index contributed by atoms with van der Waals surface area (Å²) in [6.45, 7) is 6.53. The van der Waals surface area contributed by atoms with E-state index in [1.807, 2.05) is 41.0 Å². The zero-order chi connectivity index (χ0) is 27.3. The van der Waals surface area contributed by atoms with Crippen LogP contribution in [0.15, 0.2) is 77.0 Å². The van der Waals surface area contributed by atoms with Gasteiger partial charge in [-0.15, -0.1) is 10.2 Å². The fraction of sp³-hybridized carbons (Fsp3) is 0.214. The van der Waals surface area contributed by atoms with Gasteiger partial charge in [0, 0.05) is 11.3 Å². The summed E-state index contributed by atoms with van der Waals surface area (Å²) in [5.74, 6) is 1.23. The molecule has 0 bridgehead atoms. The van der Waals surface area contributed by atoms with E-state index in [0.29, 0.717) is 26.6 Å². The lowest BCUT2D eigenvalue weighted by Crippen LogP contribution is -2.20. The summed E-state index contributed by atoms with van der Waals surface area (Å²) >= 11 is 13.2. The fourth-order valence-electron chi connectivity index (χ4n) is 3.57. The van der Waals surface area contributed by atoms with Crippen LogP contribution in [0, 0.1) is 0 Å². The Morgan fingerprint density at radius 1 is 1.03 bits per heavy atom. The summed E-state index contributed by atoms with van der Waals surface area (Å²) in [4.78, 5) is 12.5. The molecule has 196 valence electrons. The minimum absolute atomic E-state index is 0.0405. The SMILES string of the molecule is COc1ccc(-n2c(SCC(=O)N/N=C/c3ccc(Cl)c(Cl)c3)nnc2-c2ccc(C(C)(C)C)cc2)cc1. The average Bonchev–Trinajstić information content (AvgIpc) is 3.33. The van der Waals surface area contributed by atoms with Gasteiger partial charge in [0.05, 0.1) is 29.1 Å². The Balaban J connectivity index is 1.54. The summed E-state index contributed by atoms with van der Waals surface area (Å²) in [6, 6.07) is 21.0. The molecule has 0 saturated carbocycles. The number of ether oxygens (including phenoxy) is 1. The molecule has 1 N–H and O–H groups in total. The molecule has 0 fully saturated rings. The number of nitrogens with zero attached hydrogens (tertiary/aromatic N) is 4. The van der Waals surface area contributed by atoms with Crippen molar-refractivity contribution in [1.29, 1.82) is 0 Å². The van der Waals surface area contributed by atoms with Gasteiger partial charge in [0.15, 0.2) is 11.0 Å². The average molecular weight is 569 g/mol. The molecule has 1 heterocycles. The number of thioether (sulfide) groups is 1. The van der Waals surface area contributed by atoms with Gasteiger partial charge >= 0.3 is 0 Å². The molecule has 38 heavy (non-hydrogen) atoms. The second kappa shape index (κ2) is 12.0. The zero-order valence-corrected chi connectivity index (χ0v) is 23.7. The number of rotatable bonds is 8. The zero-order valence-electron chi connectivity index (χ0n) is 21.4. The van der Waals surface area contributed by atoms with Crippen molar-refractivity contribution in [3.63, 3.8) is 0 Å². The van der Waals surface area contributed by atoms with Gasteiger partial charge < -0.3 is 4.74 Å². The molecule has 1 aromatic heterocycles. The lowest BCUT2D eigenvalue weighted by Gasteiger charge is -2.19. The Hall–Kier alpha value is -3.33. The van der Waals surface area contributed by atoms with Crippen LogP contribution in [0.3, 0.4) is 0 Å². The third-order valence-corrected chi connectivity index (χ3v) is 7.32. The maximum atomic E-state index is 12.5. The molecule has 0 atom stereocenters. The van der Waals surface area contributed by atoms with Crippen LogP contribution < -0.4 is 10.2 Å². The van der Waals surface area contributed by atoms with Crippen LogP contribution in [0.2, 0.25) is 10.0 Å². The third-order valence-electron chi connectivity index (χ3n) is 5.65. The molecule has 10 heteroatoms. The number of hydrogen-bond acceptors (Lipinski definition) is 6. The summed E-state index contributed by atoms with van der Waals surface area (Å²) in [5.41, 5.74) is 6.28. The van der Waals surface area contributed by atoms with Crippen LogP contribution in [0.25, 0.3) is 17.1 Å². The Kier molecular flexibility index (Phi) is 8.76. The van der Waals surface area contributed by atoms with Gasteiger partial charge in [-0.25, -0.2) is 5.43 Å². The Bertz CT molecular complexity index is 1450. The van der Waals surface area contributed by atoms with Crippen molar-refractivity contribution in [3.8, 4) is 22.8 Å². The van der Waals surface area contributed by atoms with Crippen molar-refractivity contribution < 1.29 is 9.53 Å². The van der Waals surface area contributed by atoms with E-state index in [9.17, 15) is 4.79 Å². The van der Waals surface area contributed by atoms with E-state index in [1.165, 1.54) is 23.5 Å². The first-order valence-electron chi connectivity index (χ1n) is 11.8. The first-order chi connectivity index (χ1) is 18.2. The number of amides is 1. The molecule has 0 radical (unpaired) electrons. The van der Waals surface area contributed by atoms with Gasteiger partial charge in [-0.2, -0.15) is 5.10 Å². The molecule has 7 nitrogen and oxygen atoms in total. The molecular formula is C28H27Cl2N5O2S. The molecule has 0 aliphatic carbocycles. The highest BCUT2D eigenvalue weighted by Gasteiger charge is 2.19. The van der Waals surface area contributed by atoms with E-state index in [-0.39, 0.29) is 17.1 Å². The van der Waals surface area contributed by atoms with Crippen molar-refractivity contribution >= 4 is 47.1 Å². The first-order valence-corrected chi connectivity index (χ1v) is 13.5. The quantitative estimate of drug-likeness (QED) is 0.144. The topological polar surface area (TPSA) is 81.4 Å². The van der Waals surface area contributed by atoms with E-state index >= 15 is 0 Å². The van der Waals surface area contributed by atoms with Crippen molar-refractivity contribution in [2.45, 2.75) is 31.3 Å². The molecule has 0 spiro atoms. The van der Waals surface area contributed by atoms with Crippen molar-refractivity contribution in [2.24, 2.45) is 5.10 Å². The lowest BCUT2D eigenvalue weighted by atomic mass is 9.87. The number of benzene rings is 3. The van der Waals surface area contributed by atoms with Crippen molar-refractivity contribution in [1.82, 2.24) is 20.2 Å². The van der Waals surface area contributed by atoms with Gasteiger partial charge in [0.25, 0.3) is 5.91 Å². The maximum absolute atomic E-state index is 12.5. The summed E-state index contributed by atoms with van der Waals surface area (Å²) in [5, 5.41) is 14.3. The van der Waals surface area contributed by atoms with Crippen molar-refractivity contribution in [3.05, 3.63) is 87.9 Å². The van der Waals surface area contributed by atoms with Gasteiger partial charge in [-0.3, -0.25) is 9.36 Å². The van der Waals surface area contributed by atoms with E-state index in [0.717, 1.165) is 17.0 Å². The molecule has 3 aromatic carbocycles. The second-order valence-corrected chi connectivity index (χ2v) is 11.2. The smallest absolute Gasteiger partial charge is 0.250 e. The lowest BCUT2D eigenvalue weighted by molar-refractivity contribution is -0.118. The molecule has 0 aliphatic rings. The number of hydrazone groups is 1. The van der Waals surface area contributed by atoms with E-state index in [1.54, 1.807) is 25.3 Å². The molecule has 0 saturated heterocycles. The highest BCUT2D eigenvalue weighted by molar-refractivity contribution is 7.99. The van der Waals surface area contributed by atoms with Crippen LogP contribution in [0.4, 0.5) is 0 Å². The van der Waals surface area contributed by atoms with E-state index in [4.69, 9.17) is 27.9 Å². The number of methoxy groups -OCH3 is 1. The van der Waals surface area contributed by atoms with Crippen LogP contribution in [0.1, 0.15) is 31.9 Å². The number of halogens is 2. The normalized spacial score (nSPS) is 11.6. The summed E-state index contributed by atoms with van der Waals surface area (Å²) in [6.07, 6.45) is 1.50. The van der Waals surface area contributed by atoms with E-state index < -0.39 is 0 Å². The van der Waals surface area contributed by atoms with Crippen LogP contribution in [0.5, 0.6) is 5.75 Å². The number of nitrogens with one attached hydrogen (secondary N) is 1. The highest BCUT2D eigenvalue weighted by Crippen LogP contribution is 2.31. The number of carbonyl (C=O) groups excluding carboxylic acids is 1. The number of aromatic nitrogens is 3. The minimum Gasteiger partial charge on any atom is -0.497 e. The highest BCUT2D eigenvalue weighted by atomic mass is 35.5. The minimum atomic E-state index is -0.285. The number of carbonyl (C=O) groups is 1. The molecular weight excluding hydrogens is 541 g/mol. The first kappa shape index (κ1) is 27.7. The number of hydrogen-bond donors (Lipinski definition) is 1. The van der Waals surface area contributed by atoms with Crippen molar-refractivity contribution in [2.75, 3.05) is 12.9 Å². The molecule has 4 rings (SSSR count). The van der Waals surface area contributed by atoms with Crippen LogP contribution in [-0.4, -0.2) is 39.7 Å². The standard InChI is InChI=1S/C28H27Cl2N5O2S/c1-28(2,3)20-8-6-19(7-9-20)26-33-34-27(35(26)21-10-12-22(37-4)13-11-21)38-17-25(36)32-31-16-18-5-14-23(29)24(30)15-18/h5-16H,17H2,1-4H3,(H,32,36)/b31-16+. The summed E-state index contributed by atoms with van der Waals surface area (Å²) in [7, 11) is 1.62. The predicted octanol–water partition coefficient (Wildman–Crippen LogP) is 6.79. The Labute approximate surface area is 236 Å². The van der Waals surface area contributed by atoms with Gasteiger partial charge in [-0.1, -0.05) is 86.1 Å². The Morgan fingerprint density at radius 3 is 2.37 bits per heavy atom. The molecule has 4 aromatic rings. The third kappa shape index (κ3) is 6.75. The second-order valence-electron chi connectivity index (χ2n) is 9.42. The largest absolute Gasteiger partial charge is 0.497 e. The predicted molar refractivity (Wildman–Crippen MR) is 155 cm³/mol. The van der Waals surface area contributed by atoms with Crippen LogP contribution in [-0.2, 0) is 10.2 Å². The fourth-order valence-corrected chi connectivity index (χ4v) is 4.62. The van der Waals surface area contributed by atoms with Crippen LogP contribution >= 0.6 is 35.0 Å². The van der Waals surface area contributed by atoms with E-state index in [2.05, 4.69) is 53.6 Å². The molecule has 1 amide bonds. The van der Waals surface area contributed by atoms with Gasteiger partial charge in [-0.05, 0) is 52.9 Å². The Morgan fingerprint density at radius 2 is 1.74 bits per heavy atom. The van der Waals surface area contributed by atoms with Gasteiger partial charge in [0.1, 0.15) is 5.75 Å². The summed E-state index contributed by atoms with van der Waals surface area (Å²) < 4.78 is 7.24. The molecule has 0 unspecified atom stereocenters. The molecule has 0 aliphatic heterocycles. The maximum Gasteiger partial charge on any atom is 0.250 e.